The molecular weight excluding hydrogens is 238 g/mol. The van der Waals surface area contributed by atoms with E-state index in [2.05, 4.69) is 0 Å². The van der Waals surface area contributed by atoms with E-state index in [0.29, 0.717) is 11.0 Å². The van der Waals surface area contributed by atoms with Crippen LogP contribution in [-0.4, -0.2) is 63.9 Å². The van der Waals surface area contributed by atoms with E-state index in [1.165, 1.54) is 0 Å². The van der Waals surface area contributed by atoms with Crippen LogP contribution in [-0.2, 0) is 9.47 Å². The molecule has 0 heterocycles. The number of likely N-dealkylation sites (N-methyl/N-ethyl adjacent to an activating group) is 1. The lowest BCUT2D eigenvalue weighted by atomic mass is 10.4. The van der Waals surface area contributed by atoms with Gasteiger partial charge in [0.1, 0.15) is 13.1 Å². The summed E-state index contributed by atoms with van der Waals surface area (Å²) in [6, 6.07) is 0. The van der Waals surface area contributed by atoms with Gasteiger partial charge in [0.2, 0.25) is 6.29 Å². The maximum Gasteiger partial charge on any atom is 0.207 e. The second-order valence-corrected chi connectivity index (χ2v) is 3.47. The molecule has 0 atom stereocenters. The molecule has 0 aliphatic heterocycles. The molecule has 0 aromatic carbocycles. The molecule has 0 radical (unpaired) electrons. The Kier molecular flexibility index (Phi) is 9.34. The lowest BCUT2D eigenvalue weighted by molar-refractivity contribution is -0.896. The maximum absolute atomic E-state index is 8.76. The zero-order valence-corrected chi connectivity index (χ0v) is 10.4. The first-order valence-electron chi connectivity index (χ1n) is 4.04. The summed E-state index contributed by atoms with van der Waals surface area (Å²) in [5.41, 5.74) is 0. The van der Waals surface area contributed by atoms with E-state index >= 15 is 0 Å². The molecule has 0 unspecified atom stereocenters. The molecule has 0 fully saturated rings. The summed E-state index contributed by atoms with van der Waals surface area (Å²) in [4.78, 5) is 0. The number of rotatable bonds is 6. The number of quaternary nitrogens is 1. The zero-order valence-electron chi connectivity index (χ0n) is 8.79. The van der Waals surface area contributed by atoms with Gasteiger partial charge in [-0.05, 0) is 0 Å². The van der Waals surface area contributed by atoms with Crippen molar-refractivity contribution in [3.8, 4) is 0 Å². The van der Waals surface area contributed by atoms with Gasteiger partial charge in [0.05, 0.1) is 20.7 Å². The highest BCUT2D eigenvalue weighted by molar-refractivity contribution is 4.40. The van der Waals surface area contributed by atoms with Crippen LogP contribution in [0.3, 0.4) is 0 Å². The first-order valence-corrected chi connectivity index (χ1v) is 4.04. The molecule has 0 saturated carbocycles. The fourth-order valence-electron chi connectivity index (χ4n) is 1.01. The molecule has 0 aliphatic rings. The van der Waals surface area contributed by atoms with E-state index in [9.17, 15) is 0 Å². The number of hydrogen-bond acceptors (Lipinski definition) is 3. The molecule has 0 aliphatic carbocycles. The van der Waals surface area contributed by atoms with E-state index in [4.69, 9.17) is 14.6 Å². The molecule has 0 aromatic rings. The number of aliphatic hydroxyl groups excluding tert-OH is 1. The number of ether oxygens (including phenoxy) is 2. The predicted octanol–water partition coefficient (Wildman–Crippen LogP) is -3.32. The summed E-state index contributed by atoms with van der Waals surface area (Å²) >= 11 is 0. The second kappa shape index (κ2) is 7.70. The van der Waals surface area contributed by atoms with Crippen molar-refractivity contribution < 1.29 is 36.0 Å². The summed E-state index contributed by atoms with van der Waals surface area (Å²) in [5, 5.41) is 8.76. The van der Waals surface area contributed by atoms with Crippen LogP contribution in [0, 0.1) is 0 Å². The normalized spacial score (nSPS) is 11.5. The van der Waals surface area contributed by atoms with Gasteiger partial charge in [0.25, 0.3) is 0 Å². The van der Waals surface area contributed by atoms with Crippen molar-refractivity contribution >= 4 is 0 Å². The summed E-state index contributed by atoms with van der Waals surface area (Å²) in [5.74, 6) is 0. The first-order chi connectivity index (χ1) is 5.55. The van der Waals surface area contributed by atoms with Crippen LogP contribution in [0.1, 0.15) is 0 Å². The lowest BCUT2D eigenvalue weighted by Gasteiger charge is -2.31. The second-order valence-electron chi connectivity index (χ2n) is 3.47. The molecular formula is C8H20BrNO3. The Hall–Kier alpha value is 0.320. The third-order valence-electron chi connectivity index (χ3n) is 1.87. The van der Waals surface area contributed by atoms with Crippen LogP contribution in [0.5, 0.6) is 0 Å². The minimum Gasteiger partial charge on any atom is -1.00 e. The molecule has 13 heavy (non-hydrogen) atoms. The van der Waals surface area contributed by atoms with Crippen molar-refractivity contribution in [1.29, 1.82) is 0 Å². The molecule has 82 valence electrons. The number of halogens is 1. The zero-order chi connectivity index (χ0) is 9.61. The fraction of sp³-hybridized carbons (Fsp3) is 1.00. The molecule has 0 bridgehead atoms. The van der Waals surface area contributed by atoms with Crippen molar-refractivity contribution in [2.75, 3.05) is 48.0 Å². The van der Waals surface area contributed by atoms with Crippen LogP contribution in [0.4, 0.5) is 0 Å². The number of aliphatic hydroxyl groups is 1. The van der Waals surface area contributed by atoms with E-state index in [-0.39, 0.29) is 29.9 Å². The molecule has 4 nitrogen and oxygen atoms in total. The van der Waals surface area contributed by atoms with Crippen LogP contribution >= 0.6 is 0 Å². The van der Waals surface area contributed by atoms with Gasteiger partial charge < -0.3 is 36.0 Å². The monoisotopic (exact) mass is 257 g/mol. The quantitative estimate of drug-likeness (QED) is 0.400. The van der Waals surface area contributed by atoms with Crippen LogP contribution in [0.15, 0.2) is 0 Å². The van der Waals surface area contributed by atoms with Gasteiger partial charge in [-0.2, -0.15) is 0 Å². The summed E-state index contributed by atoms with van der Waals surface area (Å²) in [6.45, 7) is 1.64. The van der Waals surface area contributed by atoms with E-state index in [1.54, 1.807) is 14.2 Å². The standard InChI is InChI=1S/C8H20NO3.BrH/c1-9(2,5-6-10)7-8(11-3)12-4;/h8,10H,5-7H2,1-4H3;1H/q+1;/p-1. The fourth-order valence-corrected chi connectivity index (χ4v) is 1.01. The largest absolute Gasteiger partial charge is 1.00 e. The smallest absolute Gasteiger partial charge is 0.207 e. The average molecular weight is 258 g/mol. The third kappa shape index (κ3) is 7.40. The van der Waals surface area contributed by atoms with Crippen molar-refractivity contribution in [3.05, 3.63) is 0 Å². The van der Waals surface area contributed by atoms with Crippen LogP contribution in [0.2, 0.25) is 0 Å². The molecule has 0 saturated heterocycles. The first kappa shape index (κ1) is 15.8. The van der Waals surface area contributed by atoms with Crippen molar-refractivity contribution in [3.63, 3.8) is 0 Å². The molecule has 1 N–H and O–H groups in total. The lowest BCUT2D eigenvalue weighted by Crippen LogP contribution is -3.00. The van der Waals surface area contributed by atoms with Gasteiger partial charge >= 0.3 is 0 Å². The highest BCUT2D eigenvalue weighted by Gasteiger charge is 2.20. The van der Waals surface area contributed by atoms with Crippen molar-refractivity contribution in [1.82, 2.24) is 0 Å². The van der Waals surface area contributed by atoms with Crippen molar-refractivity contribution in [2.24, 2.45) is 0 Å². The van der Waals surface area contributed by atoms with Crippen LogP contribution < -0.4 is 17.0 Å². The number of nitrogens with zero attached hydrogens (tertiary/aromatic N) is 1. The van der Waals surface area contributed by atoms with Crippen LogP contribution in [0.25, 0.3) is 0 Å². The topological polar surface area (TPSA) is 38.7 Å². The van der Waals surface area contributed by atoms with Gasteiger partial charge in [0.15, 0.2) is 0 Å². The van der Waals surface area contributed by atoms with Gasteiger partial charge in [-0.25, -0.2) is 0 Å². The summed E-state index contributed by atoms with van der Waals surface area (Å²) in [7, 11) is 7.29. The average Bonchev–Trinajstić information content (AvgIpc) is 2.00. The summed E-state index contributed by atoms with van der Waals surface area (Å²) < 4.78 is 10.8. The molecule has 0 amide bonds. The number of methoxy groups -OCH3 is 2. The van der Waals surface area contributed by atoms with Crippen molar-refractivity contribution in [2.45, 2.75) is 6.29 Å². The Morgan fingerprint density at radius 3 is 2.00 bits per heavy atom. The predicted molar refractivity (Wildman–Crippen MR) is 46.7 cm³/mol. The van der Waals surface area contributed by atoms with Gasteiger partial charge in [-0.1, -0.05) is 0 Å². The minimum atomic E-state index is -0.188. The Bertz CT molecular complexity index is 118. The van der Waals surface area contributed by atoms with Gasteiger partial charge in [-0.3, -0.25) is 0 Å². The van der Waals surface area contributed by atoms with Gasteiger partial charge in [0, 0.05) is 14.2 Å². The minimum absolute atomic E-state index is 0. The maximum atomic E-state index is 8.76. The highest BCUT2D eigenvalue weighted by atomic mass is 79.9. The Balaban J connectivity index is 0. The number of hydrogen-bond donors (Lipinski definition) is 1. The molecule has 0 spiro atoms. The van der Waals surface area contributed by atoms with Gasteiger partial charge in [-0.15, -0.1) is 0 Å². The molecule has 0 aromatic heterocycles. The summed E-state index contributed by atoms with van der Waals surface area (Å²) in [6.07, 6.45) is -0.188. The highest BCUT2D eigenvalue weighted by Crippen LogP contribution is 2.01. The van der Waals surface area contributed by atoms with E-state index in [1.807, 2.05) is 14.1 Å². The SMILES string of the molecule is COC(C[N+](C)(C)CCO)OC.[Br-]. The Morgan fingerprint density at radius 1 is 1.23 bits per heavy atom. The Labute approximate surface area is 90.8 Å². The van der Waals surface area contributed by atoms with E-state index < -0.39 is 0 Å². The molecule has 5 heteroatoms. The molecule has 0 rings (SSSR count). The third-order valence-corrected chi connectivity index (χ3v) is 1.87. The van der Waals surface area contributed by atoms with E-state index in [0.717, 1.165) is 6.54 Å². The Morgan fingerprint density at radius 2 is 1.69 bits per heavy atom.